The lowest BCUT2D eigenvalue weighted by Gasteiger charge is -2.30. The van der Waals surface area contributed by atoms with Crippen molar-refractivity contribution in [2.75, 3.05) is 12.4 Å². The van der Waals surface area contributed by atoms with E-state index in [9.17, 15) is 18.0 Å². The number of oxazole rings is 1. The molecule has 1 aromatic heterocycles. The minimum absolute atomic E-state index is 0.0629. The van der Waals surface area contributed by atoms with Crippen LogP contribution >= 0.6 is 11.6 Å². The van der Waals surface area contributed by atoms with Gasteiger partial charge in [-0.25, -0.2) is 4.98 Å². The number of amides is 1. The van der Waals surface area contributed by atoms with E-state index < -0.39 is 17.2 Å². The molecule has 1 unspecified atom stereocenters. The lowest BCUT2D eigenvalue weighted by molar-refractivity contribution is -0.140. The number of halogens is 4. The van der Waals surface area contributed by atoms with Gasteiger partial charge in [0.05, 0.1) is 11.0 Å². The van der Waals surface area contributed by atoms with E-state index in [1.54, 1.807) is 43.0 Å². The summed E-state index contributed by atoms with van der Waals surface area (Å²) >= 11 is 5.98. The monoisotopic (exact) mass is 450 g/mol. The minimum atomic E-state index is -4.46. The number of rotatable bonds is 4. The molecule has 0 N–H and O–H groups in total. The lowest BCUT2D eigenvalue weighted by atomic mass is 9.94. The van der Waals surface area contributed by atoms with Gasteiger partial charge in [-0.3, -0.25) is 4.79 Å². The maximum atomic E-state index is 13.4. The summed E-state index contributed by atoms with van der Waals surface area (Å²) in [6.07, 6.45) is -2.93. The first kappa shape index (κ1) is 21.7. The summed E-state index contributed by atoms with van der Waals surface area (Å²) in [6, 6.07) is 9.94. The van der Waals surface area contributed by atoms with Crippen LogP contribution in [0.5, 0.6) is 0 Å². The van der Waals surface area contributed by atoms with Crippen LogP contribution in [-0.4, -0.2) is 28.2 Å². The molecular weight excluding hydrogens is 429 g/mol. The summed E-state index contributed by atoms with van der Waals surface area (Å²) in [5.74, 6) is 0.532. The van der Waals surface area contributed by atoms with Gasteiger partial charge in [0.2, 0.25) is 11.8 Å². The third-order valence-electron chi connectivity index (χ3n) is 5.66. The van der Waals surface area contributed by atoms with Gasteiger partial charge in [0.15, 0.2) is 5.58 Å². The molecule has 1 aliphatic heterocycles. The summed E-state index contributed by atoms with van der Waals surface area (Å²) in [7, 11) is 0. The highest BCUT2D eigenvalue weighted by Crippen LogP contribution is 2.39. The molecule has 0 spiro atoms. The molecule has 1 amide bonds. The second-order valence-corrected chi connectivity index (χ2v) is 8.72. The average Bonchev–Trinajstić information content (AvgIpc) is 3.38. The van der Waals surface area contributed by atoms with Crippen LogP contribution in [0.3, 0.4) is 0 Å². The topological polar surface area (TPSA) is 46.3 Å². The van der Waals surface area contributed by atoms with Crippen LogP contribution in [0.2, 0.25) is 0 Å². The van der Waals surface area contributed by atoms with E-state index in [4.69, 9.17) is 16.0 Å². The summed E-state index contributed by atoms with van der Waals surface area (Å²) in [5, 5.41) is 0. The Bertz CT molecular complexity index is 1120. The van der Waals surface area contributed by atoms with Crippen molar-refractivity contribution in [3.8, 4) is 11.1 Å². The number of hydrogen-bond donors (Lipinski definition) is 0. The molecule has 4 rings (SSSR count). The Morgan fingerprint density at radius 2 is 1.97 bits per heavy atom. The highest BCUT2D eigenvalue weighted by atomic mass is 35.5. The standard InChI is InChI=1S/C23H22ClF3N2O2/c1-22(2,13-24)21(30)29-11-5-8-18(29)20-28-17-12-14(9-10-19(17)31-20)15-6-3-4-7-16(15)23(25,26)27/h3-4,6-7,9-10,12,18H,5,8,11,13H2,1-2H3. The molecule has 31 heavy (non-hydrogen) atoms. The molecule has 0 saturated carbocycles. The van der Waals surface area contributed by atoms with Crippen molar-refractivity contribution < 1.29 is 22.4 Å². The number of carbonyl (C=O) groups excluding carboxylic acids is 1. The first-order valence-corrected chi connectivity index (χ1v) is 10.6. The van der Waals surface area contributed by atoms with Crippen molar-refractivity contribution in [2.24, 2.45) is 5.41 Å². The number of fused-ring (bicyclic) bond motifs is 1. The number of hydrogen-bond acceptors (Lipinski definition) is 3. The molecular formula is C23H22ClF3N2O2. The number of likely N-dealkylation sites (tertiary alicyclic amines) is 1. The van der Waals surface area contributed by atoms with Gasteiger partial charge in [-0.05, 0) is 56.0 Å². The van der Waals surface area contributed by atoms with Gasteiger partial charge >= 0.3 is 6.18 Å². The fourth-order valence-corrected chi connectivity index (χ4v) is 4.06. The van der Waals surface area contributed by atoms with Gasteiger partial charge in [-0.15, -0.1) is 11.6 Å². The SMILES string of the molecule is CC(C)(CCl)C(=O)N1CCCC1c1nc2cc(-c3ccccc3C(F)(F)F)ccc2o1. The molecule has 1 fully saturated rings. The quantitative estimate of drug-likeness (QED) is 0.429. The van der Waals surface area contributed by atoms with E-state index in [-0.39, 0.29) is 23.4 Å². The molecule has 1 aliphatic rings. The fraction of sp³-hybridized carbons (Fsp3) is 0.391. The fourth-order valence-electron chi connectivity index (χ4n) is 3.95. The summed E-state index contributed by atoms with van der Waals surface area (Å²) in [5.41, 5.74) is 0.0179. The van der Waals surface area contributed by atoms with Gasteiger partial charge < -0.3 is 9.32 Å². The zero-order chi connectivity index (χ0) is 22.4. The molecule has 0 bridgehead atoms. The summed E-state index contributed by atoms with van der Waals surface area (Å²) in [4.78, 5) is 19.2. The molecule has 1 saturated heterocycles. The Morgan fingerprint density at radius 1 is 1.23 bits per heavy atom. The Morgan fingerprint density at radius 3 is 2.68 bits per heavy atom. The highest BCUT2D eigenvalue weighted by molar-refractivity contribution is 6.19. The maximum absolute atomic E-state index is 13.4. The van der Waals surface area contributed by atoms with Crippen LogP contribution in [0.25, 0.3) is 22.2 Å². The van der Waals surface area contributed by atoms with Crippen LogP contribution in [0.15, 0.2) is 46.9 Å². The predicted molar refractivity (Wildman–Crippen MR) is 113 cm³/mol. The van der Waals surface area contributed by atoms with Crippen LogP contribution < -0.4 is 0 Å². The number of alkyl halides is 4. The molecule has 0 aliphatic carbocycles. The van der Waals surface area contributed by atoms with Crippen LogP contribution in [0.4, 0.5) is 13.2 Å². The minimum Gasteiger partial charge on any atom is -0.438 e. The van der Waals surface area contributed by atoms with E-state index >= 15 is 0 Å². The lowest BCUT2D eigenvalue weighted by Crippen LogP contribution is -2.41. The van der Waals surface area contributed by atoms with Crippen molar-refractivity contribution in [1.29, 1.82) is 0 Å². The Hall–Kier alpha value is -2.54. The van der Waals surface area contributed by atoms with Gasteiger partial charge in [0.25, 0.3) is 0 Å². The van der Waals surface area contributed by atoms with Crippen molar-refractivity contribution in [3.63, 3.8) is 0 Å². The average molecular weight is 451 g/mol. The largest absolute Gasteiger partial charge is 0.438 e. The molecule has 2 heterocycles. The van der Waals surface area contributed by atoms with E-state index in [2.05, 4.69) is 4.98 Å². The van der Waals surface area contributed by atoms with E-state index in [1.165, 1.54) is 12.1 Å². The predicted octanol–water partition coefficient (Wildman–Crippen LogP) is 6.44. The first-order chi connectivity index (χ1) is 14.6. The zero-order valence-electron chi connectivity index (χ0n) is 17.2. The third-order valence-corrected chi connectivity index (χ3v) is 6.33. The van der Waals surface area contributed by atoms with Crippen molar-refractivity contribution in [1.82, 2.24) is 9.88 Å². The normalized spacial score (nSPS) is 17.5. The highest BCUT2D eigenvalue weighted by Gasteiger charge is 2.40. The molecule has 1 atom stereocenters. The van der Waals surface area contributed by atoms with Gasteiger partial charge in [0.1, 0.15) is 11.6 Å². The Kier molecular flexibility index (Phi) is 5.50. The number of nitrogens with zero attached hydrogens (tertiary/aromatic N) is 2. The molecule has 8 heteroatoms. The molecule has 4 nitrogen and oxygen atoms in total. The van der Waals surface area contributed by atoms with Crippen LogP contribution in [0, 0.1) is 5.41 Å². The summed E-state index contributed by atoms with van der Waals surface area (Å²) < 4.78 is 46.2. The maximum Gasteiger partial charge on any atom is 0.417 e. The van der Waals surface area contributed by atoms with Crippen molar-refractivity contribution >= 4 is 28.6 Å². The number of carbonyl (C=O) groups is 1. The van der Waals surface area contributed by atoms with Crippen LogP contribution in [-0.2, 0) is 11.0 Å². The second kappa shape index (κ2) is 7.86. The second-order valence-electron chi connectivity index (χ2n) is 8.45. The first-order valence-electron chi connectivity index (χ1n) is 10.1. The molecule has 0 radical (unpaired) electrons. The summed E-state index contributed by atoms with van der Waals surface area (Å²) in [6.45, 7) is 4.19. The van der Waals surface area contributed by atoms with Crippen LogP contribution in [0.1, 0.15) is 44.2 Å². The van der Waals surface area contributed by atoms with Crippen molar-refractivity contribution in [2.45, 2.75) is 38.9 Å². The van der Waals surface area contributed by atoms with E-state index in [1.807, 2.05) is 0 Å². The van der Waals surface area contributed by atoms with Crippen molar-refractivity contribution in [3.05, 3.63) is 53.9 Å². The number of benzene rings is 2. The van der Waals surface area contributed by atoms with Gasteiger partial charge in [-0.2, -0.15) is 13.2 Å². The van der Waals surface area contributed by atoms with E-state index in [0.717, 1.165) is 12.5 Å². The van der Waals surface area contributed by atoms with Gasteiger partial charge in [-0.1, -0.05) is 24.3 Å². The molecule has 2 aromatic carbocycles. The Labute approximate surface area is 183 Å². The number of aromatic nitrogens is 1. The third kappa shape index (κ3) is 4.03. The zero-order valence-corrected chi connectivity index (χ0v) is 17.9. The molecule has 3 aromatic rings. The van der Waals surface area contributed by atoms with E-state index in [0.29, 0.717) is 35.5 Å². The molecule has 164 valence electrons. The smallest absolute Gasteiger partial charge is 0.417 e. The van der Waals surface area contributed by atoms with Gasteiger partial charge in [0, 0.05) is 12.4 Å². The Balaban J connectivity index is 1.70.